The van der Waals surface area contributed by atoms with Gasteiger partial charge in [-0.25, -0.2) is 4.39 Å². The number of hydrogen-bond acceptors (Lipinski definition) is 2. The van der Waals surface area contributed by atoms with Crippen LogP contribution in [0.2, 0.25) is 0 Å². The number of alkyl halides is 1. The zero-order chi connectivity index (χ0) is 11.8. The third kappa shape index (κ3) is 2.19. The first kappa shape index (κ1) is 11.4. The monoisotopic (exact) mass is 223 g/mol. The summed E-state index contributed by atoms with van der Waals surface area (Å²) in [6, 6.07) is 7.27. The van der Waals surface area contributed by atoms with E-state index in [1.807, 2.05) is 26.0 Å². The predicted molar refractivity (Wildman–Crippen MR) is 62.2 cm³/mol. The molecule has 16 heavy (non-hydrogen) atoms. The van der Waals surface area contributed by atoms with E-state index in [4.69, 9.17) is 10.5 Å². The minimum atomic E-state index is -1.24. The Morgan fingerprint density at radius 1 is 1.44 bits per heavy atom. The highest BCUT2D eigenvalue weighted by atomic mass is 19.1. The first-order valence-corrected chi connectivity index (χ1v) is 5.71. The molecule has 0 saturated heterocycles. The number of nitrogens with two attached hydrogens (primary N) is 1. The molecule has 1 saturated carbocycles. The highest BCUT2D eigenvalue weighted by Gasteiger charge is 2.44. The first-order chi connectivity index (χ1) is 7.49. The van der Waals surface area contributed by atoms with Crippen molar-refractivity contribution >= 4 is 0 Å². The second-order valence-corrected chi connectivity index (χ2v) is 4.83. The molecule has 1 fully saturated rings. The SMILES string of the molecule is CC(C)Oc1cccc(C2(F)CC(N)C2)c1. The van der Waals surface area contributed by atoms with Crippen molar-refractivity contribution in [1.29, 1.82) is 0 Å². The van der Waals surface area contributed by atoms with Crippen LogP contribution >= 0.6 is 0 Å². The summed E-state index contributed by atoms with van der Waals surface area (Å²) in [6.45, 7) is 3.91. The van der Waals surface area contributed by atoms with Crippen molar-refractivity contribution in [1.82, 2.24) is 0 Å². The molecule has 88 valence electrons. The van der Waals surface area contributed by atoms with Gasteiger partial charge in [0.1, 0.15) is 11.4 Å². The summed E-state index contributed by atoms with van der Waals surface area (Å²) in [5.41, 5.74) is 5.09. The zero-order valence-electron chi connectivity index (χ0n) is 9.74. The molecule has 0 radical (unpaired) electrons. The van der Waals surface area contributed by atoms with Crippen molar-refractivity contribution in [3.63, 3.8) is 0 Å². The van der Waals surface area contributed by atoms with Gasteiger partial charge in [-0.15, -0.1) is 0 Å². The summed E-state index contributed by atoms with van der Waals surface area (Å²) < 4.78 is 19.8. The van der Waals surface area contributed by atoms with Crippen LogP contribution in [0, 0.1) is 0 Å². The van der Waals surface area contributed by atoms with Gasteiger partial charge in [0.05, 0.1) is 6.10 Å². The number of benzene rings is 1. The van der Waals surface area contributed by atoms with Gasteiger partial charge < -0.3 is 10.5 Å². The van der Waals surface area contributed by atoms with Crippen molar-refractivity contribution < 1.29 is 9.13 Å². The molecule has 0 heterocycles. The van der Waals surface area contributed by atoms with Crippen molar-refractivity contribution in [3.8, 4) is 5.75 Å². The lowest BCUT2D eigenvalue weighted by atomic mass is 9.73. The third-order valence-corrected chi connectivity index (χ3v) is 2.89. The second kappa shape index (κ2) is 4.06. The van der Waals surface area contributed by atoms with Crippen LogP contribution in [0.3, 0.4) is 0 Å². The summed E-state index contributed by atoms with van der Waals surface area (Å²) in [5.74, 6) is 0.727. The highest BCUT2D eigenvalue weighted by Crippen LogP contribution is 2.45. The highest BCUT2D eigenvalue weighted by molar-refractivity contribution is 5.34. The Hall–Kier alpha value is -1.09. The average Bonchev–Trinajstić information content (AvgIpc) is 2.15. The summed E-state index contributed by atoms with van der Waals surface area (Å²) in [4.78, 5) is 0. The van der Waals surface area contributed by atoms with Gasteiger partial charge in [0, 0.05) is 18.9 Å². The second-order valence-electron chi connectivity index (χ2n) is 4.83. The van der Waals surface area contributed by atoms with Crippen LogP contribution in [0.5, 0.6) is 5.75 Å². The summed E-state index contributed by atoms with van der Waals surface area (Å²) in [6.07, 6.45) is 0.936. The van der Waals surface area contributed by atoms with E-state index in [0.29, 0.717) is 18.4 Å². The molecule has 0 aromatic heterocycles. The minimum absolute atomic E-state index is 0.000303. The molecule has 2 nitrogen and oxygen atoms in total. The Kier molecular flexibility index (Phi) is 2.89. The number of hydrogen-bond donors (Lipinski definition) is 1. The van der Waals surface area contributed by atoms with Crippen LogP contribution in [0.15, 0.2) is 24.3 Å². The number of ether oxygens (including phenoxy) is 1. The van der Waals surface area contributed by atoms with Crippen LogP contribution in [0.25, 0.3) is 0 Å². The Balaban J connectivity index is 2.16. The van der Waals surface area contributed by atoms with E-state index in [1.54, 1.807) is 12.1 Å². The lowest BCUT2D eigenvalue weighted by Crippen LogP contribution is -2.46. The van der Waals surface area contributed by atoms with E-state index in [-0.39, 0.29) is 12.1 Å². The number of rotatable bonds is 3. The third-order valence-electron chi connectivity index (χ3n) is 2.89. The van der Waals surface area contributed by atoms with Gasteiger partial charge in [-0.05, 0) is 31.5 Å². The number of halogens is 1. The summed E-state index contributed by atoms with van der Waals surface area (Å²) in [7, 11) is 0. The lowest BCUT2D eigenvalue weighted by molar-refractivity contribution is 0.0402. The standard InChI is InChI=1S/C13H18FNO/c1-9(2)16-12-5-3-4-10(6-12)13(14)7-11(15)8-13/h3-6,9,11H,7-8,15H2,1-2H3. The smallest absolute Gasteiger partial charge is 0.139 e. The molecule has 0 bridgehead atoms. The van der Waals surface area contributed by atoms with Gasteiger partial charge in [0.2, 0.25) is 0 Å². The molecule has 0 spiro atoms. The topological polar surface area (TPSA) is 35.2 Å². The predicted octanol–water partition coefficient (Wildman–Crippen LogP) is 2.76. The van der Waals surface area contributed by atoms with Crippen LogP contribution < -0.4 is 10.5 Å². The zero-order valence-corrected chi connectivity index (χ0v) is 9.74. The van der Waals surface area contributed by atoms with Crippen molar-refractivity contribution in [2.24, 2.45) is 5.73 Å². The van der Waals surface area contributed by atoms with Gasteiger partial charge in [-0.3, -0.25) is 0 Å². The quantitative estimate of drug-likeness (QED) is 0.855. The van der Waals surface area contributed by atoms with E-state index in [9.17, 15) is 4.39 Å². The van der Waals surface area contributed by atoms with Gasteiger partial charge in [-0.2, -0.15) is 0 Å². The molecule has 2 rings (SSSR count). The van der Waals surface area contributed by atoms with Crippen LogP contribution in [0.1, 0.15) is 32.3 Å². The molecular formula is C13H18FNO. The summed E-state index contributed by atoms with van der Waals surface area (Å²) >= 11 is 0. The fourth-order valence-electron chi connectivity index (χ4n) is 2.13. The molecule has 3 heteroatoms. The molecular weight excluding hydrogens is 205 g/mol. The van der Waals surface area contributed by atoms with E-state index >= 15 is 0 Å². The summed E-state index contributed by atoms with van der Waals surface area (Å²) in [5, 5.41) is 0. The van der Waals surface area contributed by atoms with Crippen LogP contribution in [-0.2, 0) is 5.67 Å². The van der Waals surface area contributed by atoms with Crippen molar-refractivity contribution in [2.75, 3.05) is 0 Å². The van der Waals surface area contributed by atoms with Crippen molar-refractivity contribution in [2.45, 2.75) is 44.5 Å². The normalized spacial score (nSPS) is 28.9. The van der Waals surface area contributed by atoms with E-state index in [1.165, 1.54) is 0 Å². The first-order valence-electron chi connectivity index (χ1n) is 5.71. The maximum atomic E-state index is 14.3. The fourth-order valence-corrected chi connectivity index (χ4v) is 2.13. The van der Waals surface area contributed by atoms with Gasteiger partial charge in [-0.1, -0.05) is 12.1 Å². The Labute approximate surface area is 95.6 Å². The Morgan fingerprint density at radius 2 is 2.12 bits per heavy atom. The van der Waals surface area contributed by atoms with Crippen molar-refractivity contribution in [3.05, 3.63) is 29.8 Å². The molecule has 1 aromatic carbocycles. The van der Waals surface area contributed by atoms with Gasteiger partial charge >= 0.3 is 0 Å². The molecule has 2 N–H and O–H groups in total. The van der Waals surface area contributed by atoms with E-state index in [2.05, 4.69) is 0 Å². The Bertz CT molecular complexity index is 372. The lowest BCUT2D eigenvalue weighted by Gasteiger charge is -2.39. The molecule has 1 aliphatic carbocycles. The maximum Gasteiger partial charge on any atom is 0.139 e. The molecule has 0 atom stereocenters. The Morgan fingerprint density at radius 3 is 2.69 bits per heavy atom. The largest absolute Gasteiger partial charge is 0.491 e. The molecule has 1 aromatic rings. The molecule has 0 amide bonds. The minimum Gasteiger partial charge on any atom is -0.491 e. The van der Waals surface area contributed by atoms with E-state index < -0.39 is 5.67 Å². The van der Waals surface area contributed by atoms with Crippen LogP contribution in [-0.4, -0.2) is 12.1 Å². The molecule has 0 aliphatic heterocycles. The van der Waals surface area contributed by atoms with E-state index in [0.717, 1.165) is 5.75 Å². The average molecular weight is 223 g/mol. The molecule has 1 aliphatic rings. The maximum absolute atomic E-state index is 14.3. The van der Waals surface area contributed by atoms with Crippen LogP contribution in [0.4, 0.5) is 4.39 Å². The van der Waals surface area contributed by atoms with Gasteiger partial charge in [0.15, 0.2) is 0 Å². The fraction of sp³-hybridized carbons (Fsp3) is 0.538. The molecule has 0 unspecified atom stereocenters. The van der Waals surface area contributed by atoms with Gasteiger partial charge in [0.25, 0.3) is 0 Å².